The smallest absolute Gasteiger partial charge is 0.0698 e. The lowest BCUT2D eigenvalue weighted by Crippen LogP contribution is -2.42. The minimum atomic E-state index is -0.157. The lowest BCUT2D eigenvalue weighted by Gasteiger charge is -2.33. The van der Waals surface area contributed by atoms with Crippen molar-refractivity contribution in [2.45, 2.75) is 44.8 Å². The summed E-state index contributed by atoms with van der Waals surface area (Å²) in [6.45, 7) is 5.02. The molecule has 1 saturated heterocycles. The van der Waals surface area contributed by atoms with Crippen LogP contribution in [-0.2, 0) is 4.74 Å². The molecule has 84 valence electrons. The number of hydrogen-bond acceptors (Lipinski definition) is 3. The van der Waals surface area contributed by atoms with Crippen molar-refractivity contribution in [2.24, 2.45) is 0 Å². The Labute approximate surface area is 87.1 Å². The molecular weight excluding hydrogens is 178 g/mol. The fraction of sp³-hybridized carbons (Fsp3) is 1.00. The summed E-state index contributed by atoms with van der Waals surface area (Å²) < 4.78 is 5.34. The minimum absolute atomic E-state index is 0.157. The van der Waals surface area contributed by atoms with Crippen LogP contribution < -0.4 is 0 Å². The van der Waals surface area contributed by atoms with Crippen molar-refractivity contribution in [2.75, 3.05) is 26.7 Å². The van der Waals surface area contributed by atoms with E-state index in [1.807, 2.05) is 0 Å². The van der Waals surface area contributed by atoms with Crippen molar-refractivity contribution in [3.05, 3.63) is 0 Å². The first-order chi connectivity index (χ1) is 6.76. The highest BCUT2D eigenvalue weighted by atomic mass is 16.5. The Hall–Kier alpha value is -0.120. The molecule has 0 aliphatic carbocycles. The summed E-state index contributed by atoms with van der Waals surface area (Å²) in [7, 11) is 1.77. The number of aliphatic hydroxyl groups excluding tert-OH is 1. The topological polar surface area (TPSA) is 32.7 Å². The lowest BCUT2D eigenvalue weighted by molar-refractivity contribution is 0.0117. The van der Waals surface area contributed by atoms with Crippen molar-refractivity contribution in [1.29, 1.82) is 0 Å². The molecule has 0 aromatic carbocycles. The molecule has 1 aliphatic rings. The average Bonchev–Trinajstić information content (AvgIpc) is 2.18. The predicted octanol–water partition coefficient (Wildman–Crippen LogP) is 1.26. The van der Waals surface area contributed by atoms with E-state index >= 15 is 0 Å². The zero-order chi connectivity index (χ0) is 10.4. The van der Waals surface area contributed by atoms with Gasteiger partial charge in [-0.1, -0.05) is 13.3 Å². The van der Waals surface area contributed by atoms with Crippen molar-refractivity contribution in [1.82, 2.24) is 4.90 Å². The fourth-order valence-electron chi connectivity index (χ4n) is 2.09. The lowest BCUT2D eigenvalue weighted by atomic mass is 10.1. The molecule has 1 heterocycles. The first kappa shape index (κ1) is 12.0. The van der Waals surface area contributed by atoms with Gasteiger partial charge in [0.15, 0.2) is 0 Å². The number of nitrogens with zero attached hydrogens (tertiary/aromatic N) is 1. The summed E-state index contributed by atoms with van der Waals surface area (Å²) in [4.78, 5) is 2.32. The van der Waals surface area contributed by atoms with Gasteiger partial charge in [0.25, 0.3) is 0 Å². The van der Waals surface area contributed by atoms with E-state index < -0.39 is 0 Å². The van der Waals surface area contributed by atoms with Gasteiger partial charge < -0.3 is 9.84 Å². The number of aliphatic hydroxyl groups is 1. The molecular formula is C11H23NO2. The predicted molar refractivity (Wildman–Crippen MR) is 57.4 cm³/mol. The number of piperidine rings is 1. The molecule has 0 bridgehead atoms. The first-order valence-corrected chi connectivity index (χ1v) is 5.69. The van der Waals surface area contributed by atoms with Gasteiger partial charge in [0.1, 0.15) is 0 Å². The highest BCUT2D eigenvalue weighted by molar-refractivity contribution is 4.74. The maximum atomic E-state index is 9.68. The molecule has 1 aliphatic heterocycles. The molecule has 1 fully saturated rings. The van der Waals surface area contributed by atoms with Crippen LogP contribution in [0.1, 0.15) is 32.6 Å². The van der Waals surface area contributed by atoms with E-state index in [2.05, 4.69) is 11.8 Å². The Morgan fingerprint density at radius 1 is 1.57 bits per heavy atom. The van der Waals surface area contributed by atoms with Crippen LogP contribution in [0.5, 0.6) is 0 Å². The maximum Gasteiger partial charge on any atom is 0.0698 e. The largest absolute Gasteiger partial charge is 0.392 e. The Morgan fingerprint density at radius 3 is 3.00 bits per heavy atom. The van der Waals surface area contributed by atoms with Gasteiger partial charge >= 0.3 is 0 Å². The second kappa shape index (κ2) is 6.38. The van der Waals surface area contributed by atoms with Crippen LogP contribution >= 0.6 is 0 Å². The van der Waals surface area contributed by atoms with E-state index in [1.54, 1.807) is 7.11 Å². The van der Waals surface area contributed by atoms with Crippen LogP contribution in [0.4, 0.5) is 0 Å². The molecule has 0 radical (unpaired) electrons. The average molecular weight is 201 g/mol. The Kier molecular flexibility index (Phi) is 5.45. The summed E-state index contributed by atoms with van der Waals surface area (Å²) in [5.74, 6) is 0. The molecule has 14 heavy (non-hydrogen) atoms. The number of methoxy groups -OCH3 is 1. The summed E-state index contributed by atoms with van der Waals surface area (Å²) in [5, 5.41) is 9.68. The number of rotatable bonds is 5. The fourth-order valence-corrected chi connectivity index (χ4v) is 2.09. The van der Waals surface area contributed by atoms with E-state index in [-0.39, 0.29) is 6.10 Å². The van der Waals surface area contributed by atoms with Crippen LogP contribution in [0.2, 0.25) is 0 Å². The van der Waals surface area contributed by atoms with E-state index in [0.29, 0.717) is 6.10 Å². The summed E-state index contributed by atoms with van der Waals surface area (Å²) in [6, 6.07) is 0. The third-order valence-corrected chi connectivity index (χ3v) is 2.89. The molecule has 0 amide bonds. The van der Waals surface area contributed by atoms with Crippen molar-refractivity contribution in [3.63, 3.8) is 0 Å². The SMILES string of the molecule is CCCC(O)CN1CCCC(OC)C1. The van der Waals surface area contributed by atoms with Gasteiger partial charge in [0.2, 0.25) is 0 Å². The van der Waals surface area contributed by atoms with Crippen LogP contribution in [0.15, 0.2) is 0 Å². The molecule has 3 nitrogen and oxygen atoms in total. The highest BCUT2D eigenvalue weighted by Crippen LogP contribution is 2.13. The van der Waals surface area contributed by atoms with Gasteiger partial charge in [-0.2, -0.15) is 0 Å². The summed E-state index contributed by atoms with van der Waals surface area (Å²) in [5.41, 5.74) is 0. The van der Waals surface area contributed by atoms with Gasteiger partial charge in [-0.3, -0.25) is 4.90 Å². The molecule has 2 unspecified atom stereocenters. The Balaban J connectivity index is 2.22. The first-order valence-electron chi connectivity index (χ1n) is 5.69. The van der Waals surface area contributed by atoms with Gasteiger partial charge in [-0.25, -0.2) is 0 Å². The van der Waals surface area contributed by atoms with Gasteiger partial charge in [-0.15, -0.1) is 0 Å². The number of ether oxygens (including phenoxy) is 1. The highest BCUT2D eigenvalue weighted by Gasteiger charge is 2.20. The molecule has 0 spiro atoms. The normalized spacial score (nSPS) is 26.4. The molecule has 1 rings (SSSR count). The quantitative estimate of drug-likeness (QED) is 0.727. The molecule has 1 N–H and O–H groups in total. The van der Waals surface area contributed by atoms with Crippen molar-refractivity contribution < 1.29 is 9.84 Å². The van der Waals surface area contributed by atoms with Crippen LogP contribution in [0.25, 0.3) is 0 Å². The van der Waals surface area contributed by atoms with E-state index in [1.165, 1.54) is 6.42 Å². The van der Waals surface area contributed by atoms with Crippen molar-refractivity contribution >= 4 is 0 Å². The minimum Gasteiger partial charge on any atom is -0.392 e. The zero-order valence-corrected chi connectivity index (χ0v) is 9.41. The monoisotopic (exact) mass is 201 g/mol. The summed E-state index contributed by atoms with van der Waals surface area (Å²) >= 11 is 0. The van der Waals surface area contributed by atoms with Crippen LogP contribution in [0.3, 0.4) is 0 Å². The number of β-amino-alcohol motifs (C(OH)–C–C–N with tert-alkyl or cyclic N) is 1. The Bertz CT molecular complexity index is 152. The van der Waals surface area contributed by atoms with Gasteiger partial charge in [0.05, 0.1) is 12.2 Å². The second-order valence-corrected chi connectivity index (χ2v) is 4.20. The molecule has 0 aromatic rings. The molecule has 3 heteroatoms. The van der Waals surface area contributed by atoms with E-state index in [0.717, 1.165) is 38.9 Å². The maximum absolute atomic E-state index is 9.68. The molecule has 0 saturated carbocycles. The van der Waals surface area contributed by atoms with Gasteiger partial charge in [0, 0.05) is 20.2 Å². The third kappa shape index (κ3) is 3.95. The van der Waals surface area contributed by atoms with Gasteiger partial charge in [-0.05, 0) is 25.8 Å². The Morgan fingerprint density at radius 2 is 2.36 bits per heavy atom. The van der Waals surface area contributed by atoms with E-state index in [9.17, 15) is 5.11 Å². The number of hydrogen-bond donors (Lipinski definition) is 1. The number of likely N-dealkylation sites (tertiary alicyclic amines) is 1. The van der Waals surface area contributed by atoms with Crippen molar-refractivity contribution in [3.8, 4) is 0 Å². The van der Waals surface area contributed by atoms with Crippen LogP contribution in [-0.4, -0.2) is 49.0 Å². The molecule has 0 aromatic heterocycles. The van der Waals surface area contributed by atoms with Crippen LogP contribution in [0, 0.1) is 0 Å². The summed E-state index contributed by atoms with van der Waals surface area (Å²) in [6.07, 6.45) is 4.54. The third-order valence-electron chi connectivity index (χ3n) is 2.89. The molecule has 2 atom stereocenters. The second-order valence-electron chi connectivity index (χ2n) is 4.20. The zero-order valence-electron chi connectivity index (χ0n) is 9.41. The standard InChI is InChI=1S/C11H23NO2/c1-3-5-10(13)8-12-7-4-6-11(9-12)14-2/h10-11,13H,3-9H2,1-2H3. The van der Waals surface area contributed by atoms with E-state index in [4.69, 9.17) is 4.74 Å².